The molecule has 4 nitrogen and oxygen atoms in total. The maximum absolute atomic E-state index is 12.2. The van der Waals surface area contributed by atoms with Gasteiger partial charge in [-0.25, -0.2) is 0 Å². The zero-order valence-corrected chi connectivity index (χ0v) is 19.5. The Balaban J connectivity index is 2.43. The van der Waals surface area contributed by atoms with E-state index >= 15 is 0 Å². The number of carbonyl (C=O) groups excluding carboxylic acids is 2. The first kappa shape index (κ1) is 25.2. The summed E-state index contributed by atoms with van der Waals surface area (Å²) in [6.07, 6.45) is 5.41. The second kappa shape index (κ2) is 13.4. The third-order valence-corrected chi connectivity index (χ3v) is 5.66. The fourth-order valence-electron chi connectivity index (χ4n) is 3.69. The van der Waals surface area contributed by atoms with Gasteiger partial charge in [0.2, 0.25) is 11.8 Å². The summed E-state index contributed by atoms with van der Waals surface area (Å²) in [5.74, 6) is 1.53. The Morgan fingerprint density at radius 3 is 2.14 bits per heavy atom. The third-order valence-electron chi connectivity index (χ3n) is 5.66. The maximum Gasteiger partial charge on any atom is 0.241 e. The first-order chi connectivity index (χ1) is 13.8. The highest BCUT2D eigenvalue weighted by Gasteiger charge is 2.14. The molecule has 164 valence electrons. The molecule has 1 aromatic carbocycles. The average Bonchev–Trinajstić information content (AvgIpc) is 2.67. The minimum Gasteiger partial charge on any atom is -0.347 e. The van der Waals surface area contributed by atoms with Crippen molar-refractivity contribution in [3.63, 3.8) is 0 Å². The number of likely N-dealkylation sites (N-methyl/N-ethyl adjacent to an activating group) is 1. The highest BCUT2D eigenvalue weighted by molar-refractivity contribution is 5.85. The summed E-state index contributed by atoms with van der Waals surface area (Å²) in [5, 5.41) is 2.77. The zero-order valence-electron chi connectivity index (χ0n) is 19.5. The van der Waals surface area contributed by atoms with Crippen molar-refractivity contribution in [1.29, 1.82) is 0 Å². The quantitative estimate of drug-likeness (QED) is 0.495. The van der Waals surface area contributed by atoms with E-state index in [9.17, 15) is 9.59 Å². The number of benzene rings is 1. The van der Waals surface area contributed by atoms with Gasteiger partial charge in [0.15, 0.2) is 0 Å². The van der Waals surface area contributed by atoms with Gasteiger partial charge >= 0.3 is 0 Å². The van der Waals surface area contributed by atoms with Crippen LogP contribution in [0, 0.1) is 11.8 Å². The van der Waals surface area contributed by atoms with E-state index < -0.39 is 0 Å². The van der Waals surface area contributed by atoms with E-state index in [2.05, 4.69) is 57.3 Å². The molecule has 2 atom stereocenters. The van der Waals surface area contributed by atoms with Crippen molar-refractivity contribution in [3.8, 4) is 0 Å². The number of nitrogens with one attached hydrogen (secondary N) is 1. The minimum atomic E-state index is -0.0687. The molecule has 0 aliphatic heterocycles. The molecule has 0 aliphatic carbocycles. The molecule has 0 saturated carbocycles. The third kappa shape index (κ3) is 9.96. The molecule has 0 aromatic heterocycles. The molecule has 2 amide bonds. The molecule has 1 N–H and O–H groups in total. The van der Waals surface area contributed by atoms with E-state index in [4.69, 9.17) is 0 Å². The van der Waals surface area contributed by atoms with Gasteiger partial charge in [0.1, 0.15) is 0 Å². The highest BCUT2D eigenvalue weighted by Crippen LogP contribution is 2.22. The molecular formula is C25H42N2O2. The van der Waals surface area contributed by atoms with Crippen molar-refractivity contribution in [1.82, 2.24) is 10.2 Å². The lowest BCUT2D eigenvalue weighted by atomic mass is 9.92. The van der Waals surface area contributed by atoms with E-state index in [1.807, 2.05) is 13.8 Å². The molecule has 0 saturated heterocycles. The van der Waals surface area contributed by atoms with E-state index in [0.717, 1.165) is 12.3 Å². The van der Waals surface area contributed by atoms with Crippen molar-refractivity contribution < 1.29 is 9.59 Å². The Kier molecular flexibility index (Phi) is 11.6. The Bertz CT molecular complexity index is 606. The average molecular weight is 403 g/mol. The highest BCUT2D eigenvalue weighted by atomic mass is 16.2. The summed E-state index contributed by atoms with van der Waals surface area (Å²) in [4.78, 5) is 25.9. The van der Waals surface area contributed by atoms with Crippen LogP contribution in [0.25, 0.3) is 0 Å². The first-order valence-corrected chi connectivity index (χ1v) is 11.4. The smallest absolute Gasteiger partial charge is 0.241 e. The van der Waals surface area contributed by atoms with Crippen LogP contribution >= 0.6 is 0 Å². The predicted octanol–water partition coefficient (Wildman–Crippen LogP) is 5.17. The largest absolute Gasteiger partial charge is 0.347 e. The molecule has 0 bridgehead atoms. The lowest BCUT2D eigenvalue weighted by molar-refractivity contribution is -0.132. The van der Waals surface area contributed by atoms with Crippen molar-refractivity contribution >= 4 is 11.8 Å². The molecule has 0 radical (unpaired) electrons. The molecular weight excluding hydrogens is 360 g/mol. The predicted molar refractivity (Wildman–Crippen MR) is 122 cm³/mol. The summed E-state index contributed by atoms with van der Waals surface area (Å²) in [7, 11) is 0. The molecule has 0 heterocycles. The Morgan fingerprint density at radius 1 is 0.966 bits per heavy atom. The van der Waals surface area contributed by atoms with Crippen LogP contribution in [-0.4, -0.2) is 36.3 Å². The van der Waals surface area contributed by atoms with Crippen LogP contribution in [0.2, 0.25) is 0 Å². The Morgan fingerprint density at radius 2 is 1.59 bits per heavy atom. The molecule has 0 aliphatic rings. The number of amides is 2. The molecule has 2 unspecified atom stereocenters. The number of hydrogen-bond acceptors (Lipinski definition) is 2. The fraction of sp³-hybridized carbons (Fsp3) is 0.680. The van der Waals surface area contributed by atoms with Crippen molar-refractivity contribution in [3.05, 3.63) is 35.4 Å². The van der Waals surface area contributed by atoms with Gasteiger partial charge in [-0.3, -0.25) is 9.59 Å². The summed E-state index contributed by atoms with van der Waals surface area (Å²) in [6, 6.07) is 8.70. The van der Waals surface area contributed by atoms with Gasteiger partial charge < -0.3 is 10.2 Å². The van der Waals surface area contributed by atoms with E-state index in [1.165, 1.54) is 30.4 Å². The monoisotopic (exact) mass is 402 g/mol. The van der Waals surface area contributed by atoms with Crippen LogP contribution in [0.5, 0.6) is 0 Å². The van der Waals surface area contributed by atoms with E-state index in [1.54, 1.807) is 4.90 Å². The maximum atomic E-state index is 12.2. The van der Waals surface area contributed by atoms with E-state index in [-0.39, 0.29) is 24.3 Å². The lowest BCUT2D eigenvalue weighted by Crippen LogP contribution is -2.40. The van der Waals surface area contributed by atoms with Crippen LogP contribution in [0.3, 0.4) is 0 Å². The van der Waals surface area contributed by atoms with Crippen molar-refractivity contribution in [2.45, 2.75) is 79.6 Å². The van der Waals surface area contributed by atoms with Gasteiger partial charge in [0.05, 0.1) is 6.54 Å². The second-order valence-electron chi connectivity index (χ2n) is 8.82. The van der Waals surface area contributed by atoms with Crippen LogP contribution in [-0.2, 0) is 16.0 Å². The number of rotatable bonds is 13. The van der Waals surface area contributed by atoms with Crippen LogP contribution in [0.1, 0.15) is 84.3 Å². The van der Waals surface area contributed by atoms with Gasteiger partial charge in [-0.05, 0) is 49.1 Å². The van der Waals surface area contributed by atoms with Gasteiger partial charge in [0, 0.05) is 19.5 Å². The Hall–Kier alpha value is -1.84. The fourth-order valence-corrected chi connectivity index (χ4v) is 3.69. The Labute approximate surface area is 178 Å². The van der Waals surface area contributed by atoms with Crippen molar-refractivity contribution in [2.24, 2.45) is 11.8 Å². The number of nitrogens with zero attached hydrogens (tertiary/aromatic N) is 1. The molecule has 1 rings (SSSR count). The summed E-state index contributed by atoms with van der Waals surface area (Å²) >= 11 is 0. The second-order valence-corrected chi connectivity index (χ2v) is 8.82. The summed E-state index contributed by atoms with van der Waals surface area (Å²) < 4.78 is 0. The minimum absolute atomic E-state index is 0.0251. The van der Waals surface area contributed by atoms with Crippen LogP contribution < -0.4 is 5.32 Å². The standard InChI is InChI=1S/C25H42N2O2/c1-7-27(8-2)25(29)18-26-24(28)17-21(6)23-14-12-22(13-15-23)16-20(5)11-9-10-19(3)4/h12-15,19-21H,7-11,16-18H2,1-6H3,(H,26,28). The molecule has 29 heavy (non-hydrogen) atoms. The van der Waals surface area contributed by atoms with Crippen LogP contribution in [0.4, 0.5) is 0 Å². The summed E-state index contributed by atoms with van der Waals surface area (Å²) in [5.41, 5.74) is 2.54. The number of carbonyl (C=O) groups is 2. The SMILES string of the molecule is CCN(CC)C(=O)CNC(=O)CC(C)c1ccc(CC(C)CCCC(C)C)cc1. The lowest BCUT2D eigenvalue weighted by Gasteiger charge is -2.19. The van der Waals surface area contributed by atoms with E-state index in [0.29, 0.717) is 25.4 Å². The van der Waals surface area contributed by atoms with Crippen molar-refractivity contribution in [2.75, 3.05) is 19.6 Å². The first-order valence-electron chi connectivity index (χ1n) is 11.4. The van der Waals surface area contributed by atoms with Gasteiger partial charge in [-0.2, -0.15) is 0 Å². The zero-order chi connectivity index (χ0) is 21.8. The molecule has 4 heteroatoms. The van der Waals surface area contributed by atoms with Gasteiger partial charge in [-0.15, -0.1) is 0 Å². The van der Waals surface area contributed by atoms with Gasteiger partial charge in [0.25, 0.3) is 0 Å². The van der Waals surface area contributed by atoms with Gasteiger partial charge in [-0.1, -0.05) is 71.2 Å². The van der Waals surface area contributed by atoms with Crippen LogP contribution in [0.15, 0.2) is 24.3 Å². The topological polar surface area (TPSA) is 49.4 Å². The number of hydrogen-bond donors (Lipinski definition) is 1. The molecule has 1 aromatic rings. The molecule has 0 spiro atoms. The molecule has 0 fully saturated rings. The summed E-state index contributed by atoms with van der Waals surface area (Å²) in [6.45, 7) is 14.3. The normalized spacial score (nSPS) is 13.2.